The highest BCUT2D eigenvalue weighted by Gasteiger charge is 2.22. The van der Waals surface area contributed by atoms with Gasteiger partial charge in [-0.25, -0.2) is 0 Å². The summed E-state index contributed by atoms with van der Waals surface area (Å²) in [5.74, 6) is 1.14. The number of β-amino-alcohol motifs (C(OH)–C–C–N with tert-alkyl or cyclic N) is 1. The largest absolute Gasteiger partial charge is 0.395 e. The van der Waals surface area contributed by atoms with Crippen LogP contribution in [0.25, 0.3) is 0 Å². The van der Waals surface area contributed by atoms with Crippen molar-refractivity contribution in [2.24, 2.45) is 5.92 Å². The smallest absolute Gasteiger partial charge is 0.222 e. The second-order valence-corrected chi connectivity index (χ2v) is 5.99. The van der Waals surface area contributed by atoms with Crippen LogP contribution in [0.3, 0.4) is 0 Å². The molecule has 5 heteroatoms. The van der Waals surface area contributed by atoms with Gasteiger partial charge in [0.25, 0.3) is 0 Å². The number of piperazine rings is 1. The van der Waals surface area contributed by atoms with Crippen molar-refractivity contribution < 1.29 is 9.90 Å². The van der Waals surface area contributed by atoms with Gasteiger partial charge >= 0.3 is 0 Å². The lowest BCUT2D eigenvalue weighted by molar-refractivity contribution is -0.133. The highest BCUT2D eigenvalue weighted by molar-refractivity contribution is 5.85. The Morgan fingerprint density at radius 2 is 1.70 bits per heavy atom. The van der Waals surface area contributed by atoms with E-state index in [-0.39, 0.29) is 19.0 Å². The van der Waals surface area contributed by atoms with Gasteiger partial charge in [0, 0.05) is 39.1 Å². The van der Waals surface area contributed by atoms with Gasteiger partial charge in [0.1, 0.15) is 0 Å². The van der Waals surface area contributed by atoms with Crippen LogP contribution >= 0.6 is 12.4 Å². The summed E-state index contributed by atoms with van der Waals surface area (Å²) in [5.41, 5.74) is 0. The third-order valence-corrected chi connectivity index (χ3v) is 4.63. The lowest BCUT2D eigenvalue weighted by atomic mass is 9.86. The fourth-order valence-corrected chi connectivity index (χ4v) is 3.32. The molecule has 1 heterocycles. The molecule has 0 radical (unpaired) electrons. The number of hydrogen-bond acceptors (Lipinski definition) is 3. The molecule has 118 valence electrons. The van der Waals surface area contributed by atoms with Crippen molar-refractivity contribution in [3.63, 3.8) is 0 Å². The van der Waals surface area contributed by atoms with E-state index in [0.29, 0.717) is 5.91 Å². The number of aliphatic hydroxyl groups is 1. The SMILES string of the molecule is Cl.O=C(CCC1CCCCC1)N1CCN(CCO)CC1. The van der Waals surface area contributed by atoms with E-state index in [1.807, 2.05) is 4.90 Å². The Morgan fingerprint density at radius 3 is 2.30 bits per heavy atom. The van der Waals surface area contributed by atoms with Crippen molar-refractivity contribution in [3.05, 3.63) is 0 Å². The Balaban J connectivity index is 0.00000200. The monoisotopic (exact) mass is 304 g/mol. The van der Waals surface area contributed by atoms with Crippen LogP contribution in [0.2, 0.25) is 0 Å². The maximum absolute atomic E-state index is 12.2. The van der Waals surface area contributed by atoms with Crippen LogP contribution in [0.5, 0.6) is 0 Å². The van der Waals surface area contributed by atoms with Crippen molar-refractivity contribution in [3.8, 4) is 0 Å². The molecular formula is C15H29ClN2O2. The van der Waals surface area contributed by atoms with Crippen LogP contribution < -0.4 is 0 Å². The molecule has 0 bridgehead atoms. The van der Waals surface area contributed by atoms with E-state index in [2.05, 4.69) is 4.90 Å². The molecule has 2 fully saturated rings. The van der Waals surface area contributed by atoms with E-state index in [4.69, 9.17) is 5.11 Å². The summed E-state index contributed by atoms with van der Waals surface area (Å²) in [4.78, 5) is 16.4. The lowest BCUT2D eigenvalue weighted by Gasteiger charge is -2.34. The fourth-order valence-electron chi connectivity index (χ4n) is 3.32. The second-order valence-electron chi connectivity index (χ2n) is 5.99. The first-order chi connectivity index (χ1) is 9.29. The van der Waals surface area contributed by atoms with Gasteiger partial charge in [-0.2, -0.15) is 0 Å². The topological polar surface area (TPSA) is 43.8 Å². The van der Waals surface area contributed by atoms with E-state index in [1.54, 1.807) is 0 Å². The summed E-state index contributed by atoms with van der Waals surface area (Å²) in [7, 11) is 0. The van der Waals surface area contributed by atoms with E-state index in [0.717, 1.165) is 51.5 Å². The van der Waals surface area contributed by atoms with Crippen molar-refractivity contribution in [2.75, 3.05) is 39.3 Å². The van der Waals surface area contributed by atoms with E-state index in [9.17, 15) is 4.79 Å². The molecule has 2 aliphatic rings. The number of halogens is 1. The average Bonchev–Trinajstić information content (AvgIpc) is 2.47. The van der Waals surface area contributed by atoms with E-state index in [1.165, 1.54) is 32.1 Å². The maximum atomic E-state index is 12.2. The van der Waals surface area contributed by atoms with Crippen LogP contribution in [-0.4, -0.2) is 60.1 Å². The molecule has 1 aliphatic carbocycles. The third kappa shape index (κ3) is 5.58. The average molecular weight is 305 g/mol. The summed E-state index contributed by atoms with van der Waals surface area (Å²) in [6, 6.07) is 0. The molecule has 20 heavy (non-hydrogen) atoms. The quantitative estimate of drug-likeness (QED) is 0.844. The Bertz CT molecular complexity index is 275. The molecule has 0 spiro atoms. The maximum Gasteiger partial charge on any atom is 0.222 e. The zero-order chi connectivity index (χ0) is 13.5. The summed E-state index contributed by atoms with van der Waals surface area (Å²) in [6.45, 7) is 4.46. The first kappa shape index (κ1) is 17.7. The molecule has 0 aromatic carbocycles. The number of hydrogen-bond donors (Lipinski definition) is 1. The second kappa shape index (κ2) is 9.59. The summed E-state index contributed by atoms with van der Waals surface area (Å²) in [6.07, 6.45) is 8.60. The Labute approximate surface area is 128 Å². The minimum absolute atomic E-state index is 0. The highest BCUT2D eigenvalue weighted by atomic mass is 35.5. The van der Waals surface area contributed by atoms with Crippen molar-refractivity contribution >= 4 is 18.3 Å². The van der Waals surface area contributed by atoms with Crippen LogP contribution in [0, 0.1) is 5.92 Å². The molecule has 0 atom stereocenters. The molecule has 1 N–H and O–H groups in total. The summed E-state index contributed by atoms with van der Waals surface area (Å²) < 4.78 is 0. The number of amides is 1. The molecule has 0 aromatic rings. The minimum Gasteiger partial charge on any atom is -0.395 e. The number of carbonyl (C=O) groups is 1. The van der Waals surface area contributed by atoms with Gasteiger partial charge in [-0.05, 0) is 12.3 Å². The minimum atomic E-state index is 0. The van der Waals surface area contributed by atoms with Gasteiger partial charge in [0.15, 0.2) is 0 Å². The Morgan fingerprint density at radius 1 is 1.05 bits per heavy atom. The molecular weight excluding hydrogens is 276 g/mol. The molecule has 0 unspecified atom stereocenters. The number of aliphatic hydroxyl groups excluding tert-OH is 1. The number of nitrogens with zero attached hydrogens (tertiary/aromatic N) is 2. The van der Waals surface area contributed by atoms with Crippen LogP contribution in [0.15, 0.2) is 0 Å². The van der Waals surface area contributed by atoms with Crippen LogP contribution in [-0.2, 0) is 4.79 Å². The van der Waals surface area contributed by atoms with E-state index < -0.39 is 0 Å². The predicted octanol–water partition coefficient (Wildman–Crippen LogP) is 1.91. The lowest BCUT2D eigenvalue weighted by Crippen LogP contribution is -2.49. The predicted molar refractivity (Wildman–Crippen MR) is 83.2 cm³/mol. The van der Waals surface area contributed by atoms with Gasteiger partial charge in [-0.1, -0.05) is 32.1 Å². The van der Waals surface area contributed by atoms with Crippen molar-refractivity contribution in [1.82, 2.24) is 9.80 Å². The van der Waals surface area contributed by atoms with Crippen molar-refractivity contribution in [1.29, 1.82) is 0 Å². The van der Waals surface area contributed by atoms with Gasteiger partial charge in [-0.3, -0.25) is 9.69 Å². The number of carbonyl (C=O) groups excluding carboxylic acids is 1. The normalized spacial score (nSPS) is 21.6. The Hall–Kier alpha value is -0.320. The van der Waals surface area contributed by atoms with Gasteiger partial charge in [0.2, 0.25) is 5.91 Å². The van der Waals surface area contributed by atoms with Gasteiger partial charge in [0.05, 0.1) is 6.61 Å². The summed E-state index contributed by atoms with van der Waals surface area (Å²) >= 11 is 0. The zero-order valence-corrected chi connectivity index (χ0v) is 13.2. The van der Waals surface area contributed by atoms with Gasteiger partial charge < -0.3 is 10.0 Å². The summed E-state index contributed by atoms with van der Waals surface area (Å²) in [5, 5.41) is 8.90. The molecule has 0 aromatic heterocycles. The zero-order valence-electron chi connectivity index (χ0n) is 12.4. The third-order valence-electron chi connectivity index (χ3n) is 4.63. The van der Waals surface area contributed by atoms with Crippen LogP contribution in [0.4, 0.5) is 0 Å². The first-order valence-electron chi connectivity index (χ1n) is 7.90. The van der Waals surface area contributed by atoms with Crippen molar-refractivity contribution in [2.45, 2.75) is 44.9 Å². The Kier molecular flexibility index (Phi) is 8.50. The molecule has 2 rings (SSSR count). The first-order valence-corrected chi connectivity index (χ1v) is 7.90. The molecule has 1 saturated heterocycles. The molecule has 1 saturated carbocycles. The molecule has 4 nitrogen and oxygen atoms in total. The number of rotatable bonds is 5. The standard InChI is InChI=1S/C15H28N2O2.ClH/c18-13-12-16-8-10-17(11-9-16)15(19)7-6-14-4-2-1-3-5-14;/h14,18H,1-13H2;1H. The van der Waals surface area contributed by atoms with Crippen LogP contribution in [0.1, 0.15) is 44.9 Å². The molecule has 1 aliphatic heterocycles. The molecule has 1 amide bonds. The highest BCUT2D eigenvalue weighted by Crippen LogP contribution is 2.27. The van der Waals surface area contributed by atoms with E-state index >= 15 is 0 Å². The van der Waals surface area contributed by atoms with Gasteiger partial charge in [-0.15, -0.1) is 12.4 Å². The fraction of sp³-hybridized carbons (Fsp3) is 0.933.